The van der Waals surface area contributed by atoms with Gasteiger partial charge in [-0.1, -0.05) is 24.8 Å². The molecule has 0 rings (SSSR count). The Morgan fingerprint density at radius 3 is 1.22 bits per heavy atom. The SMILES string of the molecule is C=CC(=C)C.[Na].[Na].[Na].[Na]. The molecule has 32 valence electrons. The molecule has 0 nitrogen and oxygen atoms in total. The van der Waals surface area contributed by atoms with E-state index in [9.17, 15) is 0 Å². The van der Waals surface area contributed by atoms with Crippen LogP contribution in [0.3, 0.4) is 0 Å². The zero-order chi connectivity index (χ0) is 4.28. The maximum atomic E-state index is 3.56. The second-order valence-corrected chi connectivity index (χ2v) is 1.05. The third-order valence-corrected chi connectivity index (χ3v) is 0.348. The van der Waals surface area contributed by atoms with Crippen molar-refractivity contribution < 1.29 is 0 Å². The number of allylic oxidation sites excluding steroid dienone is 2. The van der Waals surface area contributed by atoms with Crippen LogP contribution in [0, 0.1) is 0 Å². The molecule has 0 aromatic heterocycles. The molecule has 0 heterocycles. The van der Waals surface area contributed by atoms with Crippen molar-refractivity contribution in [1.82, 2.24) is 0 Å². The first-order valence-electron chi connectivity index (χ1n) is 1.55. The van der Waals surface area contributed by atoms with Gasteiger partial charge in [0.05, 0.1) is 0 Å². The van der Waals surface area contributed by atoms with Gasteiger partial charge in [0.25, 0.3) is 0 Å². The normalized spacial score (nSPS) is 3.67. The van der Waals surface area contributed by atoms with Crippen LogP contribution in [0.1, 0.15) is 6.92 Å². The molecule has 0 aliphatic rings. The van der Waals surface area contributed by atoms with E-state index in [-0.39, 0.29) is 118 Å². The third-order valence-electron chi connectivity index (χ3n) is 0.348. The summed E-state index contributed by atoms with van der Waals surface area (Å²) in [6.07, 6.45) is 1.72. The van der Waals surface area contributed by atoms with Gasteiger partial charge in [-0.2, -0.15) is 0 Å². The van der Waals surface area contributed by atoms with Gasteiger partial charge in [0.1, 0.15) is 0 Å². The average Bonchev–Trinajstić information content (AvgIpc) is 1.38. The smallest absolute Gasteiger partial charge is 0 e. The summed E-state index contributed by atoms with van der Waals surface area (Å²) >= 11 is 0. The van der Waals surface area contributed by atoms with Crippen molar-refractivity contribution in [3.8, 4) is 0 Å². The molecule has 0 amide bonds. The van der Waals surface area contributed by atoms with Crippen molar-refractivity contribution in [1.29, 1.82) is 0 Å². The maximum Gasteiger partial charge on any atom is 0 e. The summed E-state index contributed by atoms with van der Waals surface area (Å²) in [7, 11) is 0. The van der Waals surface area contributed by atoms with Gasteiger partial charge in [-0.05, 0) is 6.92 Å². The van der Waals surface area contributed by atoms with E-state index in [1.165, 1.54) is 0 Å². The van der Waals surface area contributed by atoms with Crippen LogP contribution in [0.15, 0.2) is 24.8 Å². The molecule has 4 radical (unpaired) electrons. The Kier molecular flexibility index (Phi) is 73.6. The van der Waals surface area contributed by atoms with E-state index in [4.69, 9.17) is 0 Å². The van der Waals surface area contributed by atoms with Crippen LogP contribution in [0.5, 0.6) is 0 Å². The zero-order valence-corrected chi connectivity index (χ0v) is 15.5. The first-order chi connectivity index (χ1) is 2.27. The van der Waals surface area contributed by atoms with Crippen LogP contribution in [0.25, 0.3) is 0 Å². The molecule has 0 atom stereocenters. The Bertz CT molecular complexity index is 60.0. The van der Waals surface area contributed by atoms with E-state index in [0.717, 1.165) is 5.57 Å². The van der Waals surface area contributed by atoms with Gasteiger partial charge in [-0.15, -0.1) is 0 Å². The van der Waals surface area contributed by atoms with Gasteiger partial charge < -0.3 is 0 Å². The van der Waals surface area contributed by atoms with Gasteiger partial charge in [-0.25, -0.2) is 0 Å². The van der Waals surface area contributed by atoms with E-state index in [1.807, 2.05) is 6.92 Å². The van der Waals surface area contributed by atoms with E-state index in [0.29, 0.717) is 0 Å². The predicted octanol–water partition coefficient (Wildman–Crippen LogP) is 0.225. The topological polar surface area (TPSA) is 0 Å². The van der Waals surface area contributed by atoms with Gasteiger partial charge in [0, 0.05) is 118 Å². The monoisotopic (exact) mass is 160 g/mol. The Hall–Kier alpha value is 3.48. The van der Waals surface area contributed by atoms with Crippen LogP contribution in [-0.4, -0.2) is 118 Å². The Balaban J connectivity index is -0.0000000133. The summed E-state index contributed by atoms with van der Waals surface area (Å²) in [4.78, 5) is 0. The Labute approximate surface area is 146 Å². The molecule has 0 unspecified atom stereocenters. The van der Waals surface area contributed by atoms with Crippen molar-refractivity contribution in [2.24, 2.45) is 0 Å². The minimum atomic E-state index is 0. The number of hydrogen-bond donors (Lipinski definition) is 0. The molecular formula is C5H8Na4. The molecule has 0 bridgehead atoms. The van der Waals surface area contributed by atoms with Crippen LogP contribution < -0.4 is 0 Å². The molecule has 0 N–H and O–H groups in total. The first-order valence-corrected chi connectivity index (χ1v) is 1.55. The summed E-state index contributed by atoms with van der Waals surface area (Å²) in [6.45, 7) is 8.93. The Morgan fingerprint density at radius 1 is 1.11 bits per heavy atom. The summed E-state index contributed by atoms with van der Waals surface area (Å²) in [5.74, 6) is 0. The van der Waals surface area contributed by atoms with Crippen molar-refractivity contribution >= 4 is 118 Å². The predicted molar refractivity (Wildman–Crippen MR) is 48.0 cm³/mol. The second kappa shape index (κ2) is 22.5. The van der Waals surface area contributed by atoms with Crippen LogP contribution in [0.4, 0.5) is 0 Å². The quantitative estimate of drug-likeness (QED) is 0.380. The summed E-state index contributed by atoms with van der Waals surface area (Å²) in [6, 6.07) is 0. The maximum absolute atomic E-state index is 3.56. The molecule has 4 heteroatoms. The molecular weight excluding hydrogens is 152 g/mol. The molecule has 0 fully saturated rings. The largest absolute Gasteiger partial charge is 0.0988 e. The minimum absolute atomic E-state index is 0. The standard InChI is InChI=1S/C5H8.4Na/c1-4-5(2)3;;;;/h4H,1-2H2,3H3;;;;. The van der Waals surface area contributed by atoms with Crippen molar-refractivity contribution in [3.05, 3.63) is 24.8 Å². The zero-order valence-electron chi connectivity index (χ0n) is 7.49. The molecule has 0 aromatic carbocycles. The van der Waals surface area contributed by atoms with Gasteiger partial charge >= 0.3 is 0 Å². The van der Waals surface area contributed by atoms with E-state index < -0.39 is 0 Å². The first kappa shape index (κ1) is 29.4. The molecule has 0 saturated carbocycles. The summed E-state index contributed by atoms with van der Waals surface area (Å²) in [5.41, 5.74) is 1.02. The van der Waals surface area contributed by atoms with E-state index in [1.54, 1.807) is 6.08 Å². The number of rotatable bonds is 1. The Morgan fingerprint density at radius 2 is 1.22 bits per heavy atom. The van der Waals surface area contributed by atoms with Gasteiger partial charge in [0.2, 0.25) is 0 Å². The minimum Gasteiger partial charge on any atom is -0.0988 e. The van der Waals surface area contributed by atoms with Crippen LogP contribution in [0.2, 0.25) is 0 Å². The fourth-order valence-corrected chi connectivity index (χ4v) is 0. The average molecular weight is 160 g/mol. The molecule has 9 heavy (non-hydrogen) atoms. The van der Waals surface area contributed by atoms with Gasteiger partial charge in [-0.3, -0.25) is 0 Å². The van der Waals surface area contributed by atoms with Gasteiger partial charge in [0.15, 0.2) is 0 Å². The fraction of sp³-hybridized carbons (Fsp3) is 0.200. The fourth-order valence-electron chi connectivity index (χ4n) is 0. The third kappa shape index (κ3) is 34.4. The summed E-state index contributed by atoms with van der Waals surface area (Å²) in [5, 5.41) is 0. The molecule has 0 saturated heterocycles. The number of hydrogen-bond acceptors (Lipinski definition) is 0. The van der Waals surface area contributed by atoms with Crippen LogP contribution >= 0.6 is 0 Å². The second-order valence-electron chi connectivity index (χ2n) is 1.05. The molecule has 0 aliphatic heterocycles. The summed E-state index contributed by atoms with van der Waals surface area (Å²) < 4.78 is 0. The van der Waals surface area contributed by atoms with E-state index in [2.05, 4.69) is 13.2 Å². The van der Waals surface area contributed by atoms with E-state index >= 15 is 0 Å². The van der Waals surface area contributed by atoms with Crippen molar-refractivity contribution in [3.63, 3.8) is 0 Å². The molecule has 0 aromatic rings. The molecule has 0 aliphatic carbocycles. The van der Waals surface area contributed by atoms with Crippen LogP contribution in [-0.2, 0) is 0 Å². The molecule has 0 spiro atoms. The van der Waals surface area contributed by atoms with Crippen molar-refractivity contribution in [2.75, 3.05) is 0 Å². The van der Waals surface area contributed by atoms with Crippen molar-refractivity contribution in [2.45, 2.75) is 6.92 Å².